The number of likely N-dealkylation sites (tertiary alicyclic amines) is 1. The lowest BCUT2D eigenvalue weighted by atomic mass is 10.0. The third-order valence-corrected chi connectivity index (χ3v) is 4.96. The van der Waals surface area contributed by atoms with E-state index in [2.05, 4.69) is 30.1 Å². The summed E-state index contributed by atoms with van der Waals surface area (Å²) in [6.07, 6.45) is 3.40. The van der Waals surface area contributed by atoms with Crippen LogP contribution >= 0.6 is 0 Å². The summed E-state index contributed by atoms with van der Waals surface area (Å²) in [5, 5.41) is 2.38. The molecule has 24 heavy (non-hydrogen) atoms. The molecule has 0 radical (unpaired) electrons. The molecule has 1 aromatic heterocycles. The van der Waals surface area contributed by atoms with Gasteiger partial charge in [-0.15, -0.1) is 0 Å². The molecule has 2 heterocycles. The Bertz CT molecular complexity index is 884. The summed E-state index contributed by atoms with van der Waals surface area (Å²) >= 11 is 0. The summed E-state index contributed by atoms with van der Waals surface area (Å²) in [5.74, 6) is 0.811. The quantitative estimate of drug-likeness (QED) is 0.789. The van der Waals surface area contributed by atoms with Gasteiger partial charge in [-0.1, -0.05) is 18.2 Å². The molecule has 0 spiro atoms. The number of aromatic amines is 1. The molecular weight excluding hydrogens is 300 g/mol. The van der Waals surface area contributed by atoms with Crippen LogP contribution in [0.1, 0.15) is 26.2 Å². The second-order valence-corrected chi connectivity index (χ2v) is 6.60. The van der Waals surface area contributed by atoms with Crippen LogP contribution in [0, 0.1) is 0 Å². The Kier molecular flexibility index (Phi) is 3.89. The lowest BCUT2D eigenvalue weighted by Crippen LogP contribution is -2.44. The number of aromatic nitrogens is 1. The molecule has 124 valence electrons. The zero-order chi connectivity index (χ0) is 16.5. The Morgan fingerprint density at radius 2 is 2.00 bits per heavy atom. The number of hydrogen-bond acceptors (Lipinski definition) is 2. The summed E-state index contributed by atoms with van der Waals surface area (Å²) in [5.41, 5.74) is 2.15. The SMILES string of the molecule is C[C@H]1CCCCN1C(=O)COc1ccc2c(c1)[nH]c1ccccc12. The molecule has 1 aliphatic heterocycles. The monoisotopic (exact) mass is 322 g/mol. The van der Waals surface area contributed by atoms with Crippen LogP contribution in [0.3, 0.4) is 0 Å². The van der Waals surface area contributed by atoms with E-state index < -0.39 is 0 Å². The van der Waals surface area contributed by atoms with E-state index in [0.29, 0.717) is 6.04 Å². The molecule has 4 rings (SSSR count). The summed E-state index contributed by atoms with van der Waals surface area (Å²) in [4.78, 5) is 17.7. The lowest BCUT2D eigenvalue weighted by molar-refractivity contribution is -0.136. The highest BCUT2D eigenvalue weighted by atomic mass is 16.5. The smallest absolute Gasteiger partial charge is 0.260 e. The van der Waals surface area contributed by atoms with E-state index in [1.165, 1.54) is 17.2 Å². The molecule has 1 saturated heterocycles. The minimum absolute atomic E-state index is 0.0824. The highest BCUT2D eigenvalue weighted by Crippen LogP contribution is 2.28. The summed E-state index contributed by atoms with van der Waals surface area (Å²) < 4.78 is 5.76. The number of fused-ring (bicyclic) bond motifs is 3. The largest absolute Gasteiger partial charge is 0.484 e. The number of amides is 1. The Labute approximate surface area is 141 Å². The van der Waals surface area contributed by atoms with E-state index in [1.807, 2.05) is 29.2 Å². The molecule has 0 unspecified atom stereocenters. The van der Waals surface area contributed by atoms with Crippen LogP contribution in [-0.4, -0.2) is 35.0 Å². The maximum Gasteiger partial charge on any atom is 0.260 e. The van der Waals surface area contributed by atoms with Gasteiger partial charge in [0.2, 0.25) is 0 Å². The van der Waals surface area contributed by atoms with Gasteiger partial charge in [-0.25, -0.2) is 0 Å². The average molecular weight is 322 g/mol. The van der Waals surface area contributed by atoms with Crippen LogP contribution in [0.25, 0.3) is 21.8 Å². The molecule has 0 saturated carbocycles. The minimum Gasteiger partial charge on any atom is -0.484 e. The second kappa shape index (κ2) is 6.19. The van der Waals surface area contributed by atoms with Crippen LogP contribution in [0.15, 0.2) is 42.5 Å². The van der Waals surface area contributed by atoms with Crippen LogP contribution in [-0.2, 0) is 4.79 Å². The van der Waals surface area contributed by atoms with E-state index in [0.717, 1.165) is 36.2 Å². The van der Waals surface area contributed by atoms with Gasteiger partial charge in [0, 0.05) is 34.9 Å². The maximum atomic E-state index is 12.4. The molecule has 1 fully saturated rings. The van der Waals surface area contributed by atoms with Crippen molar-refractivity contribution in [2.45, 2.75) is 32.2 Å². The molecule has 2 aromatic carbocycles. The van der Waals surface area contributed by atoms with E-state index in [4.69, 9.17) is 4.74 Å². The van der Waals surface area contributed by atoms with Crippen molar-refractivity contribution in [2.24, 2.45) is 0 Å². The van der Waals surface area contributed by atoms with Crippen LogP contribution in [0.2, 0.25) is 0 Å². The van der Waals surface area contributed by atoms with E-state index >= 15 is 0 Å². The van der Waals surface area contributed by atoms with Crippen molar-refractivity contribution in [3.8, 4) is 5.75 Å². The highest BCUT2D eigenvalue weighted by molar-refractivity contribution is 6.07. The number of rotatable bonds is 3. The predicted octanol–water partition coefficient (Wildman–Crippen LogP) is 4.10. The van der Waals surface area contributed by atoms with Crippen molar-refractivity contribution in [1.82, 2.24) is 9.88 Å². The van der Waals surface area contributed by atoms with Crippen molar-refractivity contribution < 1.29 is 9.53 Å². The van der Waals surface area contributed by atoms with Crippen LogP contribution < -0.4 is 4.74 Å². The number of ether oxygens (including phenoxy) is 1. The molecule has 4 nitrogen and oxygen atoms in total. The van der Waals surface area contributed by atoms with Crippen molar-refractivity contribution in [2.75, 3.05) is 13.2 Å². The normalized spacial score (nSPS) is 18.2. The van der Waals surface area contributed by atoms with Crippen molar-refractivity contribution in [3.05, 3.63) is 42.5 Å². The zero-order valence-corrected chi connectivity index (χ0v) is 13.9. The molecule has 3 aromatic rings. The molecule has 1 aliphatic rings. The maximum absolute atomic E-state index is 12.4. The fourth-order valence-corrected chi connectivity index (χ4v) is 3.62. The van der Waals surface area contributed by atoms with Crippen LogP contribution in [0.4, 0.5) is 0 Å². The number of nitrogens with one attached hydrogen (secondary N) is 1. The topological polar surface area (TPSA) is 45.3 Å². The van der Waals surface area contributed by atoms with Crippen LogP contribution in [0.5, 0.6) is 5.75 Å². The highest BCUT2D eigenvalue weighted by Gasteiger charge is 2.23. The molecular formula is C20H22N2O2. The third-order valence-electron chi connectivity index (χ3n) is 4.96. The van der Waals surface area contributed by atoms with Gasteiger partial charge in [-0.2, -0.15) is 0 Å². The van der Waals surface area contributed by atoms with Gasteiger partial charge in [-0.05, 0) is 44.4 Å². The summed E-state index contributed by atoms with van der Waals surface area (Å²) in [7, 11) is 0. The molecule has 0 aliphatic carbocycles. The number of piperidine rings is 1. The standard InChI is InChI=1S/C20H22N2O2/c1-14-6-4-5-11-22(14)20(23)13-24-15-9-10-17-16-7-2-3-8-18(16)21-19(17)12-15/h2-3,7-10,12,14,21H,4-6,11,13H2,1H3/t14-/m0/s1. The lowest BCUT2D eigenvalue weighted by Gasteiger charge is -2.33. The number of hydrogen-bond donors (Lipinski definition) is 1. The first-order valence-corrected chi connectivity index (χ1v) is 8.65. The second-order valence-electron chi connectivity index (χ2n) is 6.60. The fourth-order valence-electron chi connectivity index (χ4n) is 3.62. The third kappa shape index (κ3) is 2.73. The van der Waals surface area contributed by atoms with E-state index in [-0.39, 0.29) is 12.5 Å². The van der Waals surface area contributed by atoms with Crippen molar-refractivity contribution >= 4 is 27.7 Å². The Morgan fingerprint density at radius 1 is 1.17 bits per heavy atom. The van der Waals surface area contributed by atoms with Gasteiger partial charge >= 0.3 is 0 Å². The molecule has 4 heteroatoms. The van der Waals surface area contributed by atoms with Gasteiger partial charge in [0.05, 0.1) is 5.52 Å². The van der Waals surface area contributed by atoms with E-state index in [9.17, 15) is 4.79 Å². The van der Waals surface area contributed by atoms with Gasteiger partial charge < -0.3 is 14.6 Å². The van der Waals surface area contributed by atoms with Gasteiger partial charge in [0.1, 0.15) is 5.75 Å². The fraction of sp³-hybridized carbons (Fsp3) is 0.350. The number of carbonyl (C=O) groups is 1. The summed E-state index contributed by atoms with van der Waals surface area (Å²) in [6.45, 7) is 3.08. The number of benzene rings is 2. The number of H-pyrrole nitrogens is 1. The van der Waals surface area contributed by atoms with Crippen molar-refractivity contribution in [3.63, 3.8) is 0 Å². The first-order chi connectivity index (χ1) is 11.7. The Hall–Kier alpha value is -2.49. The number of nitrogens with zero attached hydrogens (tertiary/aromatic N) is 1. The Morgan fingerprint density at radius 3 is 2.88 bits per heavy atom. The van der Waals surface area contributed by atoms with Gasteiger partial charge in [0.25, 0.3) is 5.91 Å². The minimum atomic E-state index is 0.0824. The number of carbonyl (C=O) groups excluding carboxylic acids is 1. The summed E-state index contributed by atoms with van der Waals surface area (Å²) in [6, 6.07) is 14.5. The van der Waals surface area contributed by atoms with Gasteiger partial charge in [-0.3, -0.25) is 4.79 Å². The number of para-hydroxylation sites is 1. The molecule has 1 amide bonds. The zero-order valence-electron chi connectivity index (χ0n) is 13.9. The first-order valence-electron chi connectivity index (χ1n) is 8.65. The first kappa shape index (κ1) is 15.1. The molecule has 0 bridgehead atoms. The van der Waals surface area contributed by atoms with Crippen molar-refractivity contribution in [1.29, 1.82) is 0 Å². The molecule has 1 N–H and O–H groups in total. The molecule has 1 atom stereocenters. The van der Waals surface area contributed by atoms with E-state index in [1.54, 1.807) is 0 Å². The predicted molar refractivity (Wildman–Crippen MR) is 96.3 cm³/mol. The Balaban J connectivity index is 1.50. The average Bonchev–Trinajstić information content (AvgIpc) is 2.98. The van der Waals surface area contributed by atoms with Gasteiger partial charge in [0.15, 0.2) is 6.61 Å².